The molecule has 0 spiro atoms. The molecule has 0 aromatic heterocycles. The van der Waals surface area contributed by atoms with E-state index in [-0.39, 0.29) is 19.3 Å². The number of aldehydes is 1. The maximum atomic E-state index is 12.3. The summed E-state index contributed by atoms with van der Waals surface area (Å²) in [6.07, 6.45) is -0.0987. The third-order valence-electron chi connectivity index (χ3n) is 4.34. The lowest BCUT2D eigenvalue weighted by Crippen LogP contribution is -2.53. The number of nitrogens with two attached hydrogens (primary N) is 1. The van der Waals surface area contributed by atoms with Crippen molar-refractivity contribution in [3.8, 4) is 5.75 Å². The van der Waals surface area contributed by atoms with E-state index in [9.17, 15) is 19.5 Å². The van der Waals surface area contributed by atoms with E-state index < -0.39 is 30.0 Å². The number of benzene rings is 2. The molecule has 0 aliphatic carbocycles. The smallest absolute Gasteiger partial charge is 0.240 e. The highest BCUT2D eigenvalue weighted by molar-refractivity contribution is 5.88. The number of amides is 2. The molecule has 0 aliphatic rings. The van der Waals surface area contributed by atoms with E-state index in [0.717, 1.165) is 11.1 Å². The second kappa shape index (κ2) is 10.4. The lowest BCUT2D eigenvalue weighted by molar-refractivity contribution is -0.139. The number of methoxy groups -OCH3 is 1. The molecule has 2 aromatic carbocycles. The highest BCUT2D eigenvalue weighted by Crippen LogP contribution is 2.13. The summed E-state index contributed by atoms with van der Waals surface area (Å²) in [6.45, 7) is 0.149. The normalized spacial score (nSPS) is 13.7. The van der Waals surface area contributed by atoms with Crippen LogP contribution in [0.1, 0.15) is 17.5 Å². The van der Waals surface area contributed by atoms with E-state index in [1.807, 2.05) is 18.2 Å². The third kappa shape index (κ3) is 7.02. The zero-order valence-electron chi connectivity index (χ0n) is 16.1. The van der Waals surface area contributed by atoms with Gasteiger partial charge in [-0.15, -0.1) is 0 Å². The minimum Gasteiger partial charge on any atom is -0.497 e. The molecule has 0 bridgehead atoms. The van der Waals surface area contributed by atoms with Crippen LogP contribution in [0.4, 0.5) is 0 Å². The van der Waals surface area contributed by atoms with E-state index in [0.29, 0.717) is 5.75 Å². The first-order chi connectivity index (χ1) is 13.8. The van der Waals surface area contributed by atoms with Gasteiger partial charge in [0.25, 0.3) is 0 Å². The van der Waals surface area contributed by atoms with Gasteiger partial charge in [0.1, 0.15) is 11.8 Å². The summed E-state index contributed by atoms with van der Waals surface area (Å²) in [7, 11) is 1.55. The summed E-state index contributed by atoms with van der Waals surface area (Å²) in [6, 6.07) is 15.1. The van der Waals surface area contributed by atoms with Crippen LogP contribution in [-0.2, 0) is 27.3 Å². The predicted octanol–water partition coefficient (Wildman–Crippen LogP) is 0.275. The van der Waals surface area contributed by atoms with E-state index in [1.165, 1.54) is 0 Å². The van der Waals surface area contributed by atoms with Gasteiger partial charge < -0.3 is 20.9 Å². The molecule has 154 valence electrons. The van der Waals surface area contributed by atoms with Crippen LogP contribution in [0, 0.1) is 0 Å². The van der Waals surface area contributed by atoms with Crippen LogP contribution < -0.4 is 21.1 Å². The van der Waals surface area contributed by atoms with Crippen LogP contribution >= 0.6 is 0 Å². The molecule has 0 aliphatic heterocycles. The third-order valence-corrected chi connectivity index (χ3v) is 4.34. The van der Waals surface area contributed by atoms with Crippen molar-refractivity contribution in [3.63, 3.8) is 0 Å². The fourth-order valence-corrected chi connectivity index (χ4v) is 2.71. The van der Waals surface area contributed by atoms with Crippen LogP contribution in [0.25, 0.3) is 0 Å². The van der Waals surface area contributed by atoms with Crippen LogP contribution in [0.15, 0.2) is 54.6 Å². The Hall–Kier alpha value is -3.23. The van der Waals surface area contributed by atoms with E-state index in [2.05, 4.69) is 10.6 Å². The van der Waals surface area contributed by atoms with Crippen molar-refractivity contribution in [1.82, 2.24) is 10.6 Å². The number of primary amides is 1. The molecule has 0 unspecified atom stereocenters. The van der Waals surface area contributed by atoms with Gasteiger partial charge in [-0.2, -0.15) is 0 Å². The number of aliphatic hydroxyl groups is 1. The van der Waals surface area contributed by atoms with Crippen molar-refractivity contribution in [1.29, 1.82) is 0 Å². The van der Waals surface area contributed by atoms with Gasteiger partial charge in [-0.25, -0.2) is 0 Å². The van der Waals surface area contributed by atoms with Crippen molar-refractivity contribution in [2.24, 2.45) is 5.73 Å². The van der Waals surface area contributed by atoms with Gasteiger partial charge in [-0.3, -0.25) is 19.7 Å². The molecule has 0 fully saturated rings. The molecule has 0 saturated carbocycles. The van der Waals surface area contributed by atoms with Crippen molar-refractivity contribution < 1.29 is 24.2 Å². The molecular formula is C21H25N3O5. The molecule has 0 saturated heterocycles. The minimum atomic E-state index is -2.08. The Labute approximate surface area is 169 Å². The Balaban J connectivity index is 1.95. The summed E-state index contributed by atoms with van der Waals surface area (Å²) < 4.78 is 5.07. The molecule has 0 heterocycles. The Morgan fingerprint density at radius 2 is 1.79 bits per heavy atom. The summed E-state index contributed by atoms with van der Waals surface area (Å²) in [4.78, 5) is 35.4. The number of hydrogen-bond donors (Lipinski definition) is 4. The highest BCUT2D eigenvalue weighted by atomic mass is 16.5. The standard InChI is InChI=1S/C21H25N3O5/c1-29-17-9-7-16(8-10-17)13-23-21(28,14-25)12-19(26)24-18(20(22)27)11-15-5-3-2-4-6-15/h2-10,14,18,23,28H,11-13H2,1H3,(H2,22,27)(H,24,26)/t18-,21-/m0/s1. The zero-order chi connectivity index (χ0) is 21.3. The number of carbonyl (C=O) groups excluding carboxylic acids is 3. The van der Waals surface area contributed by atoms with Gasteiger partial charge in [0.15, 0.2) is 12.0 Å². The van der Waals surface area contributed by atoms with Gasteiger partial charge in [-0.1, -0.05) is 42.5 Å². The molecule has 2 aromatic rings. The SMILES string of the molecule is COc1ccc(CN[C@@](O)(C=O)CC(=O)N[C@@H](Cc2ccccc2)C(N)=O)cc1. The highest BCUT2D eigenvalue weighted by Gasteiger charge is 2.30. The van der Waals surface area contributed by atoms with Gasteiger partial charge in [0.2, 0.25) is 11.8 Å². The zero-order valence-corrected chi connectivity index (χ0v) is 16.1. The fourth-order valence-electron chi connectivity index (χ4n) is 2.71. The first kappa shape index (κ1) is 22.1. The maximum Gasteiger partial charge on any atom is 0.240 e. The predicted molar refractivity (Wildman–Crippen MR) is 107 cm³/mol. The Bertz CT molecular complexity index is 826. The maximum absolute atomic E-state index is 12.3. The van der Waals surface area contributed by atoms with Gasteiger partial charge in [-0.05, 0) is 23.3 Å². The molecule has 2 atom stereocenters. The number of nitrogens with one attached hydrogen (secondary N) is 2. The Kier molecular flexibility index (Phi) is 7.88. The van der Waals surface area contributed by atoms with E-state index in [1.54, 1.807) is 43.5 Å². The van der Waals surface area contributed by atoms with Crippen molar-refractivity contribution in [2.75, 3.05) is 7.11 Å². The molecule has 2 rings (SSSR count). The first-order valence-corrected chi connectivity index (χ1v) is 9.04. The number of carbonyl (C=O) groups is 3. The van der Waals surface area contributed by atoms with E-state index >= 15 is 0 Å². The quantitative estimate of drug-likeness (QED) is 0.317. The van der Waals surface area contributed by atoms with Gasteiger partial charge in [0.05, 0.1) is 13.5 Å². The van der Waals surface area contributed by atoms with Crippen molar-refractivity contribution in [3.05, 3.63) is 65.7 Å². The first-order valence-electron chi connectivity index (χ1n) is 9.04. The molecule has 8 heteroatoms. The molecule has 0 radical (unpaired) electrons. The fraction of sp³-hybridized carbons (Fsp3) is 0.286. The van der Waals surface area contributed by atoms with Crippen molar-refractivity contribution >= 4 is 18.1 Å². The van der Waals surface area contributed by atoms with Crippen LogP contribution in [0.2, 0.25) is 0 Å². The lowest BCUT2D eigenvalue weighted by Gasteiger charge is -2.24. The van der Waals surface area contributed by atoms with Crippen LogP contribution in [0.3, 0.4) is 0 Å². The second-order valence-corrected chi connectivity index (χ2v) is 6.63. The van der Waals surface area contributed by atoms with Crippen LogP contribution in [0.5, 0.6) is 5.75 Å². The molecule has 2 amide bonds. The monoisotopic (exact) mass is 399 g/mol. The summed E-state index contributed by atoms with van der Waals surface area (Å²) >= 11 is 0. The lowest BCUT2D eigenvalue weighted by atomic mass is 10.0. The molecule has 8 nitrogen and oxygen atoms in total. The average molecular weight is 399 g/mol. The summed E-state index contributed by atoms with van der Waals surface area (Å²) in [5.74, 6) is -0.709. The Morgan fingerprint density at radius 3 is 2.34 bits per heavy atom. The summed E-state index contributed by atoms with van der Waals surface area (Å²) in [5.41, 5.74) is 4.89. The summed E-state index contributed by atoms with van der Waals surface area (Å²) in [5, 5.41) is 15.5. The Morgan fingerprint density at radius 1 is 1.14 bits per heavy atom. The molecule has 29 heavy (non-hydrogen) atoms. The molecule has 5 N–H and O–H groups in total. The largest absolute Gasteiger partial charge is 0.497 e. The number of rotatable bonds is 11. The van der Waals surface area contributed by atoms with Gasteiger partial charge in [0, 0.05) is 13.0 Å². The van der Waals surface area contributed by atoms with Gasteiger partial charge >= 0.3 is 0 Å². The van der Waals surface area contributed by atoms with Crippen LogP contribution in [-0.4, -0.2) is 42.1 Å². The minimum absolute atomic E-state index is 0.149. The molecular weight excluding hydrogens is 374 g/mol. The van der Waals surface area contributed by atoms with E-state index in [4.69, 9.17) is 10.5 Å². The second-order valence-electron chi connectivity index (χ2n) is 6.63. The number of hydrogen-bond acceptors (Lipinski definition) is 6. The average Bonchev–Trinajstić information content (AvgIpc) is 2.73. The number of ether oxygens (including phenoxy) is 1. The topological polar surface area (TPSA) is 131 Å². The van der Waals surface area contributed by atoms with Crippen molar-refractivity contribution in [2.45, 2.75) is 31.2 Å².